The molecule has 150 valence electrons. The lowest BCUT2D eigenvalue weighted by Crippen LogP contribution is -2.74. The highest BCUT2D eigenvalue weighted by atomic mass is 15.6. The molecule has 0 aromatic carbocycles. The Bertz CT molecular complexity index is 459. The Morgan fingerprint density at radius 3 is 2.15 bits per heavy atom. The van der Waals surface area contributed by atoms with E-state index < -0.39 is 0 Å². The first-order chi connectivity index (χ1) is 12.2. The van der Waals surface area contributed by atoms with Crippen molar-refractivity contribution in [1.82, 2.24) is 19.4 Å². The molecule has 2 rings (SSSR count). The van der Waals surface area contributed by atoms with Gasteiger partial charge in [0.25, 0.3) is 6.98 Å². The van der Waals surface area contributed by atoms with Gasteiger partial charge in [-0.05, 0) is 33.9 Å². The zero-order valence-corrected chi connectivity index (χ0v) is 18.8. The van der Waals surface area contributed by atoms with Crippen LogP contribution in [0.5, 0.6) is 0 Å². The molecule has 1 unspecified atom stereocenters. The third-order valence-corrected chi connectivity index (χ3v) is 5.77. The van der Waals surface area contributed by atoms with Crippen LogP contribution in [0.25, 0.3) is 0 Å². The summed E-state index contributed by atoms with van der Waals surface area (Å²) in [5, 5.41) is 1.85. The fraction of sp³-hybridized carbons (Fsp3) is 0.944. The number of hydrazine groups is 1. The molecule has 0 aromatic heterocycles. The minimum atomic E-state index is -0.166. The lowest BCUT2D eigenvalue weighted by molar-refractivity contribution is 0.111. The fourth-order valence-electron chi connectivity index (χ4n) is 4.25. The summed E-state index contributed by atoms with van der Waals surface area (Å²) in [7, 11) is 4.05. The van der Waals surface area contributed by atoms with Gasteiger partial charge in [0, 0.05) is 7.05 Å². The van der Waals surface area contributed by atoms with E-state index in [1.165, 1.54) is 32.1 Å². The molecule has 2 N–H and O–H groups in total. The number of aliphatic imine (C=N–C) groups is 1. The minimum absolute atomic E-state index is 0.166. The number of fused-ring (bicyclic) bond motifs is 1. The monoisotopic (exact) mass is 364 g/mol. The molecule has 2 fully saturated rings. The topological polar surface area (TPSA) is 51.3 Å². The molecule has 0 radical (unpaired) electrons. The van der Waals surface area contributed by atoms with Crippen molar-refractivity contribution in [2.45, 2.75) is 92.1 Å². The van der Waals surface area contributed by atoms with Crippen molar-refractivity contribution in [2.24, 2.45) is 10.8 Å². The largest absolute Gasteiger partial charge is 0.355 e. The van der Waals surface area contributed by atoms with Crippen LogP contribution in [0.4, 0.5) is 0 Å². The van der Waals surface area contributed by atoms with Gasteiger partial charge in [0.15, 0.2) is 0 Å². The molecule has 0 amide bonds. The van der Waals surface area contributed by atoms with Crippen LogP contribution in [0, 0.1) is 0 Å². The lowest BCUT2D eigenvalue weighted by Gasteiger charge is -2.52. The number of nitrogens with zero attached hydrogens (tertiary/aromatic N) is 5. The van der Waals surface area contributed by atoms with Gasteiger partial charge in [-0.25, -0.2) is 5.84 Å². The molecule has 1 atom stereocenters. The molecule has 0 saturated carbocycles. The molecule has 6 nitrogen and oxygen atoms in total. The van der Waals surface area contributed by atoms with Crippen molar-refractivity contribution < 1.29 is 0 Å². The Hall–Kier alpha value is -0.720. The Labute approximate surface area is 163 Å². The number of rotatable bonds is 5. The van der Waals surface area contributed by atoms with E-state index in [4.69, 9.17) is 5.84 Å². The van der Waals surface area contributed by atoms with E-state index in [0.717, 1.165) is 12.5 Å². The number of guanidine groups is 1. The molecule has 2 aliphatic rings. The summed E-state index contributed by atoms with van der Waals surface area (Å²) in [4.78, 5) is 9.32. The summed E-state index contributed by atoms with van der Waals surface area (Å²) >= 11 is 0. The van der Waals surface area contributed by atoms with E-state index in [-0.39, 0.29) is 11.7 Å². The van der Waals surface area contributed by atoms with Gasteiger partial charge in [-0.3, -0.25) is 10.0 Å². The summed E-state index contributed by atoms with van der Waals surface area (Å²) in [5.41, 5.74) is -0.166. The molecule has 8 heteroatoms. The van der Waals surface area contributed by atoms with E-state index in [2.05, 4.69) is 74.6 Å². The fourth-order valence-corrected chi connectivity index (χ4v) is 4.25. The summed E-state index contributed by atoms with van der Waals surface area (Å²) in [5.74, 6) is 7.29. The Kier molecular flexibility index (Phi) is 8.97. The molecule has 2 aliphatic heterocycles. The second-order valence-electron chi connectivity index (χ2n) is 8.26. The van der Waals surface area contributed by atoms with E-state index in [0.29, 0.717) is 14.0 Å². The van der Waals surface area contributed by atoms with Crippen LogP contribution in [-0.4, -0.2) is 71.6 Å². The van der Waals surface area contributed by atoms with Gasteiger partial charge in [0.1, 0.15) is 0 Å². The van der Waals surface area contributed by atoms with Crippen LogP contribution in [-0.2, 0) is 0 Å². The first-order valence-electron chi connectivity index (χ1n) is 10.5. The third kappa shape index (κ3) is 4.39. The van der Waals surface area contributed by atoms with E-state index in [1.807, 2.05) is 12.1 Å². The van der Waals surface area contributed by atoms with Crippen molar-refractivity contribution in [3.05, 3.63) is 0 Å². The van der Waals surface area contributed by atoms with E-state index in [1.54, 1.807) is 0 Å². The maximum atomic E-state index is 6.40. The van der Waals surface area contributed by atoms with E-state index >= 15 is 0 Å². The standard InChI is InChI=1S/C15H34B2N6.C3H8/c1-8-9-10-11-12-21-16(4)20(7)13-15(2,3)23(18)14(19-6)22(13)17(21)5;1-3-2/h13H,8-12,18H2,1-7H3;3H2,1-2H3. The van der Waals surface area contributed by atoms with Gasteiger partial charge in [-0.1, -0.05) is 60.1 Å². The van der Waals surface area contributed by atoms with Crippen molar-refractivity contribution in [3.63, 3.8) is 0 Å². The first kappa shape index (κ1) is 23.3. The molecule has 0 aromatic rings. The van der Waals surface area contributed by atoms with Crippen LogP contribution >= 0.6 is 0 Å². The Morgan fingerprint density at radius 1 is 1.08 bits per heavy atom. The summed E-state index contributed by atoms with van der Waals surface area (Å²) in [6, 6.07) is 0. The molecular formula is C18H42B2N6. The maximum Gasteiger partial charge on any atom is 0.333 e. The molecule has 0 bridgehead atoms. The van der Waals surface area contributed by atoms with Gasteiger partial charge in [0.05, 0.1) is 11.7 Å². The molecule has 2 saturated heterocycles. The second-order valence-corrected chi connectivity index (χ2v) is 8.26. The molecule has 0 aliphatic carbocycles. The smallest absolute Gasteiger partial charge is 0.333 e. The highest BCUT2D eigenvalue weighted by Crippen LogP contribution is 2.37. The van der Waals surface area contributed by atoms with Crippen LogP contribution in [0.3, 0.4) is 0 Å². The first-order valence-corrected chi connectivity index (χ1v) is 10.5. The van der Waals surface area contributed by atoms with Crippen molar-refractivity contribution >= 4 is 19.9 Å². The lowest BCUT2D eigenvalue weighted by atomic mass is 9.56. The molecule has 26 heavy (non-hydrogen) atoms. The summed E-state index contributed by atoms with van der Waals surface area (Å²) < 4.78 is 2.58. The number of nitrogens with two attached hydrogens (primary N) is 1. The highest BCUT2D eigenvalue weighted by molar-refractivity contribution is 6.71. The quantitative estimate of drug-likeness (QED) is 0.462. The van der Waals surface area contributed by atoms with Crippen LogP contribution in [0.2, 0.25) is 13.6 Å². The van der Waals surface area contributed by atoms with Crippen molar-refractivity contribution in [1.29, 1.82) is 0 Å². The number of likely N-dealkylation sites (N-methyl/N-ethyl adjacent to an activating group) is 1. The predicted molar refractivity (Wildman–Crippen MR) is 117 cm³/mol. The average molecular weight is 364 g/mol. The van der Waals surface area contributed by atoms with Crippen LogP contribution in [0.15, 0.2) is 4.99 Å². The van der Waals surface area contributed by atoms with Gasteiger partial charge >= 0.3 is 6.98 Å². The molecular weight excluding hydrogens is 322 g/mol. The van der Waals surface area contributed by atoms with Gasteiger partial charge < -0.3 is 14.3 Å². The normalized spacial score (nSPS) is 24.8. The molecule has 0 spiro atoms. The zero-order valence-electron chi connectivity index (χ0n) is 18.8. The minimum Gasteiger partial charge on any atom is -0.355 e. The summed E-state index contributed by atoms with van der Waals surface area (Å²) in [6.45, 7) is 17.3. The van der Waals surface area contributed by atoms with Crippen molar-refractivity contribution in [2.75, 3.05) is 20.6 Å². The van der Waals surface area contributed by atoms with Crippen LogP contribution in [0.1, 0.15) is 66.7 Å². The van der Waals surface area contributed by atoms with Gasteiger partial charge in [-0.15, -0.1) is 0 Å². The SMILES string of the molecule is CCC.CCCCCCN1B(C)N(C)C2N(B1C)C(=NC)N(N)C2(C)C. The third-order valence-electron chi connectivity index (χ3n) is 5.77. The van der Waals surface area contributed by atoms with Crippen LogP contribution < -0.4 is 5.84 Å². The second kappa shape index (κ2) is 10.00. The van der Waals surface area contributed by atoms with Gasteiger partial charge in [-0.2, -0.15) is 0 Å². The van der Waals surface area contributed by atoms with E-state index in [9.17, 15) is 0 Å². The Morgan fingerprint density at radius 2 is 1.65 bits per heavy atom. The number of hydrogen-bond donors (Lipinski definition) is 1. The Balaban J connectivity index is 0.00000105. The summed E-state index contributed by atoms with van der Waals surface area (Å²) in [6.07, 6.45) is 6.65. The number of unbranched alkanes of at least 4 members (excludes halogenated alkanes) is 3. The molecule has 2 heterocycles. The van der Waals surface area contributed by atoms with Gasteiger partial charge in [0.2, 0.25) is 5.96 Å². The highest BCUT2D eigenvalue weighted by Gasteiger charge is 2.58. The predicted octanol–water partition coefficient (Wildman–Crippen LogP) is 3.05. The zero-order chi connectivity index (χ0) is 20.1. The maximum absolute atomic E-state index is 6.40. The average Bonchev–Trinajstić information content (AvgIpc) is 2.79. The van der Waals surface area contributed by atoms with Crippen molar-refractivity contribution in [3.8, 4) is 0 Å². The number of hydrogen-bond acceptors (Lipinski definition) is 4.